The second-order valence-electron chi connectivity index (χ2n) is 0.834. The third-order valence-electron chi connectivity index (χ3n) is 0.461. The van der Waals surface area contributed by atoms with Crippen LogP contribution < -0.4 is 0 Å². The number of hydrogen-bond donors (Lipinski definition) is 1. The lowest BCUT2D eigenvalue weighted by atomic mass is 11.8. The molecule has 0 unspecified atom stereocenters. The molecule has 0 heterocycles. The second kappa shape index (κ2) is 6.25. The molecule has 0 aliphatic carbocycles. The molecule has 0 aliphatic rings. The van der Waals surface area contributed by atoms with E-state index in [9.17, 15) is 4.57 Å². The van der Waals surface area contributed by atoms with Gasteiger partial charge in [-0.1, -0.05) is 0 Å². The molecular weight excluding hydrogens is 167 g/mol. The lowest BCUT2D eigenvalue weighted by Gasteiger charge is -2.01. The van der Waals surface area contributed by atoms with Gasteiger partial charge in [-0.2, -0.15) is 4.21 Å². The first-order valence-corrected chi connectivity index (χ1v) is 3.56. The van der Waals surface area contributed by atoms with Gasteiger partial charge in [0, 0.05) is 14.2 Å². The van der Waals surface area contributed by atoms with Crippen molar-refractivity contribution in [1.29, 1.82) is 0 Å². The average Bonchev–Trinajstić information content (AvgIpc) is 1.93. The summed E-state index contributed by atoms with van der Waals surface area (Å²) in [6.45, 7) is 0. The second-order valence-corrected chi connectivity index (χ2v) is 2.50. The number of phosphoric ester groups is 1. The fourth-order valence-corrected chi connectivity index (χ4v) is 0.224. The van der Waals surface area contributed by atoms with E-state index >= 15 is 0 Å². The molecule has 0 radical (unpaired) electrons. The molecule has 7 heteroatoms. The van der Waals surface area contributed by atoms with Gasteiger partial charge < -0.3 is 4.89 Å². The van der Waals surface area contributed by atoms with E-state index in [0.29, 0.717) is 0 Å². The maximum absolute atomic E-state index is 10.1. The topological polar surface area (TPSA) is 72.8 Å². The molecule has 5 nitrogen and oxygen atoms in total. The molecule has 0 fully saturated rings. The van der Waals surface area contributed by atoms with Gasteiger partial charge in [0.15, 0.2) is 12.5 Å². The fourth-order valence-electron chi connectivity index (χ4n) is 0.0745. The van der Waals surface area contributed by atoms with Crippen molar-refractivity contribution in [1.82, 2.24) is 0 Å². The van der Waals surface area contributed by atoms with E-state index in [-0.39, 0.29) is 0 Å². The maximum atomic E-state index is 10.1. The van der Waals surface area contributed by atoms with Crippen molar-refractivity contribution in [3.63, 3.8) is 0 Å². The molecule has 0 aromatic rings. The molecule has 1 N–H and O–H groups in total. The summed E-state index contributed by atoms with van der Waals surface area (Å²) in [4.78, 5) is 8.24. The zero-order valence-corrected chi connectivity index (χ0v) is 6.65. The van der Waals surface area contributed by atoms with Gasteiger partial charge in [-0.25, -0.2) is 4.57 Å². The van der Waals surface area contributed by atoms with E-state index in [4.69, 9.17) is 9.10 Å². The third kappa shape index (κ3) is 8.13. The summed E-state index contributed by atoms with van der Waals surface area (Å²) < 4.78 is 25.8. The van der Waals surface area contributed by atoms with Gasteiger partial charge in [-0.05, 0) is 0 Å². The predicted octanol–water partition coefficient (Wildman–Crippen LogP) is 0.0433. The highest BCUT2D eigenvalue weighted by Gasteiger charge is 2.13. The van der Waals surface area contributed by atoms with Crippen molar-refractivity contribution >= 4 is 20.4 Å². The van der Waals surface area contributed by atoms with Gasteiger partial charge in [0.2, 0.25) is 0 Å². The van der Waals surface area contributed by atoms with Crippen LogP contribution in [-0.4, -0.2) is 23.3 Å². The normalized spacial score (nSPS) is 9.67. The number of phosphoric acid groups is 1. The minimum Gasteiger partial charge on any atom is -0.303 e. The van der Waals surface area contributed by atoms with Crippen LogP contribution in [0.3, 0.4) is 0 Å². The van der Waals surface area contributed by atoms with Crippen LogP contribution in [0.1, 0.15) is 0 Å². The molecule has 0 bridgehead atoms. The molecule has 0 aromatic heterocycles. The predicted molar refractivity (Wildman–Crippen MR) is 32.0 cm³/mol. The van der Waals surface area contributed by atoms with Gasteiger partial charge in [-0.3, -0.25) is 9.05 Å². The lowest BCUT2D eigenvalue weighted by molar-refractivity contribution is 0.204. The van der Waals surface area contributed by atoms with Crippen LogP contribution >= 0.6 is 7.82 Å². The average molecular weight is 174 g/mol. The fraction of sp³-hybridized carbons (Fsp3) is 1.00. The monoisotopic (exact) mass is 174 g/mol. The SMILES string of the molecule is COP(=O)(O)OC.O=S. The first-order chi connectivity index (χ1) is 4.12. The van der Waals surface area contributed by atoms with Gasteiger partial charge in [0.25, 0.3) is 0 Å². The highest BCUT2D eigenvalue weighted by atomic mass is 32.1. The van der Waals surface area contributed by atoms with E-state index in [1.807, 2.05) is 0 Å². The summed E-state index contributed by atoms with van der Waals surface area (Å²) in [5, 5.41) is 0. The van der Waals surface area contributed by atoms with Crippen LogP contribution in [0.25, 0.3) is 0 Å². The van der Waals surface area contributed by atoms with Crippen LogP contribution in [0.4, 0.5) is 0 Å². The summed E-state index contributed by atoms with van der Waals surface area (Å²) >= 11 is 2.83. The summed E-state index contributed by atoms with van der Waals surface area (Å²) in [6.07, 6.45) is 0. The Morgan fingerprint density at radius 3 is 1.56 bits per heavy atom. The van der Waals surface area contributed by atoms with Gasteiger partial charge in [0.05, 0.1) is 0 Å². The van der Waals surface area contributed by atoms with Crippen molar-refractivity contribution in [2.24, 2.45) is 0 Å². The summed E-state index contributed by atoms with van der Waals surface area (Å²) in [5.41, 5.74) is 0. The Kier molecular flexibility index (Phi) is 8.25. The Labute approximate surface area is 58.1 Å². The van der Waals surface area contributed by atoms with E-state index in [1.54, 1.807) is 0 Å². The lowest BCUT2D eigenvalue weighted by Crippen LogP contribution is -1.83. The van der Waals surface area contributed by atoms with Crippen molar-refractivity contribution < 1.29 is 22.7 Å². The molecule has 0 rings (SSSR count). The molecule has 0 aliphatic heterocycles. The van der Waals surface area contributed by atoms with Crippen molar-refractivity contribution in [3.05, 3.63) is 0 Å². The van der Waals surface area contributed by atoms with E-state index < -0.39 is 7.82 Å². The summed E-state index contributed by atoms with van der Waals surface area (Å²) in [5.74, 6) is 0. The molecule has 56 valence electrons. The largest absolute Gasteiger partial charge is 0.471 e. The minimum absolute atomic E-state index is 1.10. The van der Waals surface area contributed by atoms with Crippen LogP contribution in [-0.2, 0) is 26.1 Å². The number of hydrogen-bond acceptors (Lipinski definition) is 5. The number of rotatable bonds is 2. The van der Waals surface area contributed by atoms with Crippen molar-refractivity contribution in [2.75, 3.05) is 14.2 Å². The zero-order valence-electron chi connectivity index (χ0n) is 4.94. The Morgan fingerprint density at radius 1 is 1.33 bits per heavy atom. The van der Waals surface area contributed by atoms with Crippen LogP contribution in [0.5, 0.6) is 0 Å². The first-order valence-electron chi connectivity index (χ1n) is 1.73. The highest BCUT2D eigenvalue weighted by Crippen LogP contribution is 2.40. The maximum Gasteiger partial charge on any atom is 0.471 e. The highest BCUT2D eigenvalue weighted by molar-refractivity contribution is 7.47. The third-order valence-corrected chi connectivity index (χ3v) is 1.38. The van der Waals surface area contributed by atoms with E-state index in [2.05, 4.69) is 21.6 Å². The minimum atomic E-state index is -3.65. The Balaban J connectivity index is 0. The first kappa shape index (κ1) is 11.9. The summed E-state index contributed by atoms with van der Waals surface area (Å²) in [7, 11) is -1.45. The van der Waals surface area contributed by atoms with Gasteiger partial charge in [-0.15, -0.1) is 0 Å². The van der Waals surface area contributed by atoms with Crippen LogP contribution in [0.2, 0.25) is 0 Å². The molecule has 0 saturated carbocycles. The molecule has 0 saturated heterocycles. The quantitative estimate of drug-likeness (QED) is 0.596. The molecule has 0 spiro atoms. The molecular formula is C2H7O5PS. The van der Waals surface area contributed by atoms with Crippen molar-refractivity contribution in [2.45, 2.75) is 0 Å². The Hall–Kier alpha value is 0.130. The molecule has 0 atom stereocenters. The van der Waals surface area contributed by atoms with Gasteiger partial charge in [0.1, 0.15) is 0 Å². The Bertz CT molecular complexity index is 97.1. The van der Waals surface area contributed by atoms with E-state index in [0.717, 1.165) is 14.2 Å². The van der Waals surface area contributed by atoms with Crippen LogP contribution in [0.15, 0.2) is 0 Å². The van der Waals surface area contributed by atoms with Gasteiger partial charge >= 0.3 is 7.82 Å². The molecule has 0 aromatic carbocycles. The molecule has 9 heavy (non-hydrogen) atoms. The zero-order chi connectivity index (χ0) is 7.91. The smallest absolute Gasteiger partial charge is 0.303 e. The van der Waals surface area contributed by atoms with E-state index in [1.165, 1.54) is 0 Å². The summed E-state index contributed by atoms with van der Waals surface area (Å²) in [6, 6.07) is 0. The van der Waals surface area contributed by atoms with Crippen molar-refractivity contribution in [3.8, 4) is 0 Å². The standard InChI is InChI=1S/C2H7O4P.OS/c1-5-7(3,4)6-2;1-2/h1-2H3,(H,3,4);. The molecule has 0 amide bonds. The van der Waals surface area contributed by atoms with Crippen LogP contribution in [0, 0.1) is 0 Å². The Morgan fingerprint density at radius 2 is 1.56 bits per heavy atom.